The number of nitrogens with one attached hydrogen (secondary N) is 1. The molecule has 0 unspecified atom stereocenters. The molecular weight excluding hydrogens is 364 g/mol. The molecule has 1 aliphatic rings. The normalized spacial score (nSPS) is 15.4. The van der Waals surface area contributed by atoms with Gasteiger partial charge in [0.15, 0.2) is 0 Å². The Bertz CT molecular complexity index is 1020. The van der Waals surface area contributed by atoms with Gasteiger partial charge in [0.25, 0.3) is 5.56 Å². The summed E-state index contributed by atoms with van der Waals surface area (Å²) >= 11 is 0. The lowest BCUT2D eigenvalue weighted by atomic mass is 9.95. The van der Waals surface area contributed by atoms with E-state index in [-0.39, 0.29) is 11.5 Å². The van der Waals surface area contributed by atoms with Crippen LogP contribution >= 0.6 is 0 Å². The fraction of sp³-hybridized carbons (Fsp3) is 0.348. The van der Waals surface area contributed by atoms with Gasteiger partial charge in [0.1, 0.15) is 11.6 Å². The van der Waals surface area contributed by atoms with Crippen molar-refractivity contribution in [1.29, 1.82) is 0 Å². The molecule has 0 bridgehead atoms. The van der Waals surface area contributed by atoms with E-state index in [4.69, 9.17) is 9.72 Å². The number of piperidine rings is 1. The van der Waals surface area contributed by atoms with Gasteiger partial charge < -0.3 is 9.72 Å². The van der Waals surface area contributed by atoms with Crippen molar-refractivity contribution in [3.05, 3.63) is 76.1 Å². The average Bonchev–Trinajstić information content (AvgIpc) is 2.75. The average molecular weight is 390 g/mol. The maximum Gasteiger partial charge on any atom is 0.251 e. The summed E-state index contributed by atoms with van der Waals surface area (Å²) in [5, 5.41) is 0. The Balaban J connectivity index is 1.46. The van der Waals surface area contributed by atoms with Crippen LogP contribution in [-0.4, -0.2) is 40.1 Å². The van der Waals surface area contributed by atoms with Crippen LogP contribution in [0.3, 0.4) is 0 Å². The molecule has 1 aromatic carbocycles. The van der Waals surface area contributed by atoms with Crippen molar-refractivity contribution >= 4 is 0 Å². The Hall–Kier alpha value is -2.99. The second kappa shape index (κ2) is 8.57. The molecule has 6 nitrogen and oxygen atoms in total. The van der Waals surface area contributed by atoms with E-state index in [1.165, 1.54) is 11.1 Å². The van der Waals surface area contributed by atoms with Crippen LogP contribution in [0.25, 0.3) is 11.3 Å². The highest BCUT2D eigenvalue weighted by Crippen LogP contribution is 2.29. The first kappa shape index (κ1) is 19.3. The van der Waals surface area contributed by atoms with Crippen LogP contribution in [-0.2, 0) is 6.54 Å². The minimum Gasteiger partial charge on any atom is -0.496 e. The van der Waals surface area contributed by atoms with Crippen LogP contribution in [0.2, 0.25) is 0 Å². The quantitative estimate of drug-likeness (QED) is 0.722. The van der Waals surface area contributed by atoms with Crippen LogP contribution in [0.1, 0.15) is 35.7 Å². The summed E-state index contributed by atoms with van der Waals surface area (Å²) < 4.78 is 5.52. The molecular formula is C23H26N4O2. The number of hydrogen-bond acceptors (Lipinski definition) is 5. The van der Waals surface area contributed by atoms with Crippen molar-refractivity contribution in [3.8, 4) is 17.0 Å². The first-order valence-corrected chi connectivity index (χ1v) is 10.00. The topological polar surface area (TPSA) is 71.1 Å². The van der Waals surface area contributed by atoms with Gasteiger partial charge in [0.05, 0.1) is 12.8 Å². The van der Waals surface area contributed by atoms with E-state index in [1.807, 2.05) is 18.2 Å². The summed E-state index contributed by atoms with van der Waals surface area (Å²) in [5.74, 6) is 1.99. The number of rotatable bonds is 5. The van der Waals surface area contributed by atoms with Crippen LogP contribution in [0.4, 0.5) is 0 Å². The predicted molar refractivity (Wildman–Crippen MR) is 113 cm³/mol. The van der Waals surface area contributed by atoms with E-state index in [2.05, 4.69) is 33.9 Å². The van der Waals surface area contributed by atoms with Gasteiger partial charge in [-0.3, -0.25) is 14.7 Å². The van der Waals surface area contributed by atoms with Gasteiger partial charge in [-0.1, -0.05) is 17.7 Å². The van der Waals surface area contributed by atoms with Gasteiger partial charge in [0.2, 0.25) is 0 Å². The van der Waals surface area contributed by atoms with Gasteiger partial charge in [0, 0.05) is 42.0 Å². The number of benzene rings is 1. The molecule has 1 N–H and O–H groups in total. The molecule has 1 aliphatic heterocycles. The highest BCUT2D eigenvalue weighted by Gasteiger charge is 2.23. The van der Waals surface area contributed by atoms with Crippen LogP contribution in [0.15, 0.2) is 53.6 Å². The van der Waals surface area contributed by atoms with E-state index < -0.39 is 0 Å². The predicted octanol–water partition coefficient (Wildman–Crippen LogP) is 3.53. The minimum atomic E-state index is -0.103. The third-order valence-corrected chi connectivity index (χ3v) is 5.54. The summed E-state index contributed by atoms with van der Waals surface area (Å²) in [5.41, 5.74) is 3.98. The SMILES string of the molecule is COc1ccc(C)cc1CN1CCC(c2nc(-c3ccncc3)cc(=O)[nH]2)CC1. The van der Waals surface area contributed by atoms with Crippen molar-refractivity contribution in [2.45, 2.75) is 32.2 Å². The Morgan fingerprint density at radius 2 is 1.90 bits per heavy atom. The van der Waals surface area contributed by atoms with E-state index in [1.54, 1.807) is 25.6 Å². The summed E-state index contributed by atoms with van der Waals surface area (Å²) in [6.45, 7) is 4.90. The number of aromatic nitrogens is 3. The van der Waals surface area contributed by atoms with Crippen molar-refractivity contribution in [2.24, 2.45) is 0 Å². The van der Waals surface area contributed by atoms with Crippen molar-refractivity contribution < 1.29 is 4.74 Å². The lowest BCUT2D eigenvalue weighted by molar-refractivity contribution is 0.199. The van der Waals surface area contributed by atoms with Gasteiger partial charge in [-0.25, -0.2) is 4.98 Å². The summed E-state index contributed by atoms with van der Waals surface area (Å²) in [6, 6.07) is 11.6. The van der Waals surface area contributed by atoms with Crippen LogP contribution < -0.4 is 10.3 Å². The maximum atomic E-state index is 12.2. The first-order chi connectivity index (χ1) is 14.1. The molecule has 150 valence electrons. The molecule has 0 amide bonds. The Labute approximate surface area is 170 Å². The highest BCUT2D eigenvalue weighted by atomic mass is 16.5. The minimum absolute atomic E-state index is 0.103. The van der Waals surface area contributed by atoms with Gasteiger partial charge in [-0.2, -0.15) is 0 Å². The van der Waals surface area contributed by atoms with Crippen LogP contribution in [0.5, 0.6) is 5.75 Å². The summed E-state index contributed by atoms with van der Waals surface area (Å²) in [6.07, 6.45) is 5.37. The number of hydrogen-bond donors (Lipinski definition) is 1. The number of H-pyrrole nitrogens is 1. The van der Waals surface area contributed by atoms with Crippen molar-refractivity contribution in [3.63, 3.8) is 0 Å². The fourth-order valence-electron chi connectivity index (χ4n) is 3.98. The van der Waals surface area contributed by atoms with E-state index >= 15 is 0 Å². The zero-order valence-electron chi connectivity index (χ0n) is 16.9. The smallest absolute Gasteiger partial charge is 0.251 e. The number of pyridine rings is 1. The Kier molecular flexibility index (Phi) is 5.71. The molecule has 2 aromatic heterocycles. The molecule has 4 rings (SSSR count). The molecule has 0 radical (unpaired) electrons. The van der Waals surface area contributed by atoms with Gasteiger partial charge in [-0.15, -0.1) is 0 Å². The molecule has 3 aromatic rings. The third-order valence-electron chi connectivity index (χ3n) is 5.54. The molecule has 0 aliphatic carbocycles. The van der Waals surface area contributed by atoms with Crippen molar-refractivity contribution in [2.75, 3.05) is 20.2 Å². The zero-order valence-corrected chi connectivity index (χ0v) is 16.9. The van der Waals surface area contributed by atoms with E-state index in [0.717, 1.165) is 49.6 Å². The lowest BCUT2D eigenvalue weighted by Crippen LogP contribution is -2.33. The number of ether oxygens (including phenoxy) is 1. The zero-order chi connectivity index (χ0) is 20.2. The number of aromatic amines is 1. The number of aryl methyl sites for hydroxylation is 1. The number of nitrogens with zero attached hydrogens (tertiary/aromatic N) is 3. The molecule has 0 atom stereocenters. The fourth-order valence-corrected chi connectivity index (χ4v) is 3.98. The second-order valence-electron chi connectivity index (χ2n) is 7.62. The number of likely N-dealkylation sites (tertiary alicyclic amines) is 1. The van der Waals surface area contributed by atoms with Crippen LogP contribution in [0, 0.1) is 6.92 Å². The molecule has 1 saturated heterocycles. The largest absolute Gasteiger partial charge is 0.496 e. The van der Waals surface area contributed by atoms with E-state index in [9.17, 15) is 4.79 Å². The summed E-state index contributed by atoms with van der Waals surface area (Å²) in [4.78, 5) is 26.4. The molecule has 0 spiro atoms. The van der Waals surface area contributed by atoms with Gasteiger partial charge in [-0.05, 0) is 51.1 Å². The summed E-state index contributed by atoms with van der Waals surface area (Å²) in [7, 11) is 1.72. The molecule has 29 heavy (non-hydrogen) atoms. The standard InChI is InChI=1S/C23H26N4O2/c1-16-3-4-21(29-2)19(13-16)15-27-11-7-18(8-12-27)23-25-20(14-22(28)26-23)17-5-9-24-10-6-17/h3-6,9-10,13-14,18H,7-8,11-12,15H2,1-2H3,(H,25,26,28). The highest BCUT2D eigenvalue weighted by molar-refractivity contribution is 5.57. The third kappa shape index (κ3) is 4.54. The lowest BCUT2D eigenvalue weighted by Gasteiger charge is -2.32. The van der Waals surface area contributed by atoms with Gasteiger partial charge >= 0.3 is 0 Å². The number of methoxy groups -OCH3 is 1. The molecule has 1 fully saturated rings. The Morgan fingerprint density at radius 3 is 2.62 bits per heavy atom. The monoisotopic (exact) mass is 390 g/mol. The van der Waals surface area contributed by atoms with Crippen molar-refractivity contribution in [1.82, 2.24) is 19.9 Å². The second-order valence-corrected chi connectivity index (χ2v) is 7.62. The maximum absolute atomic E-state index is 12.2. The molecule has 0 saturated carbocycles. The molecule has 3 heterocycles. The van der Waals surface area contributed by atoms with E-state index in [0.29, 0.717) is 5.69 Å². The Morgan fingerprint density at radius 1 is 1.14 bits per heavy atom. The molecule has 6 heteroatoms. The first-order valence-electron chi connectivity index (χ1n) is 10.00.